The predicted octanol–water partition coefficient (Wildman–Crippen LogP) is 2.06. The summed E-state index contributed by atoms with van der Waals surface area (Å²) in [5.41, 5.74) is 0. The highest BCUT2D eigenvalue weighted by Crippen LogP contribution is 2.27. The number of rotatable bonds is 6. The van der Waals surface area contributed by atoms with Crippen molar-refractivity contribution < 1.29 is 4.92 Å². The van der Waals surface area contributed by atoms with Crippen LogP contribution in [0.2, 0.25) is 0 Å². The quantitative estimate of drug-likeness (QED) is 0.648. The lowest BCUT2D eigenvalue weighted by Gasteiger charge is -2.20. The van der Waals surface area contributed by atoms with Gasteiger partial charge in [-0.05, 0) is 25.8 Å². The number of hydrogen-bond acceptors (Lipinski definition) is 6. The van der Waals surface area contributed by atoms with E-state index in [9.17, 15) is 10.1 Å². The molecule has 0 bridgehead atoms. The third kappa shape index (κ3) is 2.85. The van der Waals surface area contributed by atoms with Crippen molar-refractivity contribution in [2.24, 2.45) is 0 Å². The number of fused-ring (bicyclic) bond motifs is 1. The van der Waals surface area contributed by atoms with Gasteiger partial charge in [-0.3, -0.25) is 0 Å². The lowest BCUT2D eigenvalue weighted by Crippen LogP contribution is -2.31. The Morgan fingerprint density at radius 1 is 1.63 bits per heavy atom. The van der Waals surface area contributed by atoms with E-state index in [1.807, 2.05) is 7.05 Å². The van der Waals surface area contributed by atoms with E-state index in [1.54, 1.807) is 11.6 Å². The van der Waals surface area contributed by atoms with Gasteiger partial charge in [0.25, 0.3) is 4.96 Å². The van der Waals surface area contributed by atoms with Crippen LogP contribution in [0.4, 0.5) is 11.6 Å². The monoisotopic (exact) mass is 283 g/mol. The molecular formula is C11H17N5O2S. The van der Waals surface area contributed by atoms with Crippen molar-refractivity contribution in [2.45, 2.75) is 19.9 Å². The second-order valence-electron chi connectivity index (χ2n) is 4.60. The summed E-state index contributed by atoms with van der Waals surface area (Å²) in [6.45, 7) is 5.64. The number of anilines is 1. The second-order valence-corrected chi connectivity index (χ2v) is 5.47. The van der Waals surface area contributed by atoms with Crippen LogP contribution in [0.5, 0.6) is 0 Å². The van der Waals surface area contributed by atoms with E-state index in [0.29, 0.717) is 23.4 Å². The standard InChI is InChI=1S/C11H17N5O2S/c1-8(2)14(3)5-4-12-9-10(16(17)18)15-6-7-19-11(15)13-9/h6-8,12H,4-5H2,1-3H3. The van der Waals surface area contributed by atoms with Crippen molar-refractivity contribution in [3.63, 3.8) is 0 Å². The highest BCUT2D eigenvalue weighted by Gasteiger charge is 2.23. The van der Waals surface area contributed by atoms with Crippen molar-refractivity contribution in [3.05, 3.63) is 21.7 Å². The summed E-state index contributed by atoms with van der Waals surface area (Å²) >= 11 is 1.38. The molecule has 2 aromatic rings. The molecule has 0 spiro atoms. The van der Waals surface area contributed by atoms with Crippen LogP contribution in [-0.2, 0) is 0 Å². The third-order valence-corrected chi connectivity index (χ3v) is 3.80. The maximum Gasteiger partial charge on any atom is 0.372 e. The molecule has 0 aliphatic carbocycles. The zero-order valence-corrected chi connectivity index (χ0v) is 12.0. The molecule has 0 aliphatic rings. The number of hydrogen-bond donors (Lipinski definition) is 1. The molecule has 0 saturated heterocycles. The summed E-state index contributed by atoms with van der Waals surface area (Å²) in [6.07, 6.45) is 1.66. The lowest BCUT2D eigenvalue weighted by atomic mass is 10.3. The van der Waals surface area contributed by atoms with Crippen molar-refractivity contribution in [2.75, 3.05) is 25.5 Å². The van der Waals surface area contributed by atoms with E-state index < -0.39 is 4.92 Å². The third-order valence-electron chi connectivity index (χ3n) is 3.05. The molecule has 104 valence electrons. The molecule has 2 aromatic heterocycles. The summed E-state index contributed by atoms with van der Waals surface area (Å²) in [7, 11) is 2.02. The van der Waals surface area contributed by atoms with E-state index >= 15 is 0 Å². The molecule has 2 rings (SSSR count). The molecule has 8 heteroatoms. The van der Waals surface area contributed by atoms with Crippen LogP contribution in [-0.4, -0.2) is 45.4 Å². The summed E-state index contributed by atoms with van der Waals surface area (Å²) in [5.74, 6) is 0.345. The minimum absolute atomic E-state index is 0.00319. The fraction of sp³-hybridized carbons (Fsp3) is 0.545. The Morgan fingerprint density at radius 3 is 3.00 bits per heavy atom. The van der Waals surface area contributed by atoms with Gasteiger partial charge in [0.15, 0.2) is 0 Å². The number of nitrogens with zero attached hydrogens (tertiary/aromatic N) is 4. The van der Waals surface area contributed by atoms with Gasteiger partial charge in [0, 0.05) is 24.5 Å². The van der Waals surface area contributed by atoms with Gasteiger partial charge in [0.2, 0.25) is 5.82 Å². The van der Waals surface area contributed by atoms with Gasteiger partial charge in [-0.15, -0.1) is 0 Å². The van der Waals surface area contributed by atoms with Crippen LogP contribution in [0, 0.1) is 10.1 Å². The van der Waals surface area contributed by atoms with Crippen molar-refractivity contribution in [1.29, 1.82) is 0 Å². The Morgan fingerprint density at radius 2 is 2.37 bits per heavy atom. The Hall–Kier alpha value is -1.67. The maximum atomic E-state index is 11.1. The molecule has 19 heavy (non-hydrogen) atoms. The summed E-state index contributed by atoms with van der Waals surface area (Å²) in [4.78, 5) is 17.7. The number of likely N-dealkylation sites (N-methyl/N-ethyl adjacent to an activating group) is 1. The fourth-order valence-corrected chi connectivity index (χ4v) is 2.38. The van der Waals surface area contributed by atoms with E-state index in [4.69, 9.17) is 0 Å². The van der Waals surface area contributed by atoms with Crippen molar-refractivity contribution in [3.8, 4) is 0 Å². The van der Waals surface area contributed by atoms with Crippen LogP contribution in [0.25, 0.3) is 4.96 Å². The average Bonchev–Trinajstić information content (AvgIpc) is 2.87. The van der Waals surface area contributed by atoms with Gasteiger partial charge < -0.3 is 20.3 Å². The summed E-state index contributed by atoms with van der Waals surface area (Å²) < 4.78 is 1.50. The van der Waals surface area contributed by atoms with Gasteiger partial charge in [-0.25, -0.2) is 0 Å². The number of thiazole rings is 1. The highest BCUT2D eigenvalue weighted by molar-refractivity contribution is 7.15. The molecule has 0 saturated carbocycles. The Labute approximate surface area is 115 Å². The minimum Gasteiger partial charge on any atom is -0.362 e. The van der Waals surface area contributed by atoms with Crippen LogP contribution in [0.1, 0.15) is 13.8 Å². The topological polar surface area (TPSA) is 75.7 Å². The molecule has 0 unspecified atom stereocenters. The van der Waals surface area contributed by atoms with Crippen molar-refractivity contribution in [1.82, 2.24) is 14.3 Å². The number of nitro groups is 1. The van der Waals surface area contributed by atoms with Gasteiger partial charge >= 0.3 is 5.82 Å². The van der Waals surface area contributed by atoms with E-state index in [-0.39, 0.29) is 5.82 Å². The first-order valence-corrected chi connectivity index (χ1v) is 6.92. The first kappa shape index (κ1) is 13.8. The number of nitrogens with one attached hydrogen (secondary N) is 1. The van der Waals surface area contributed by atoms with Crippen LogP contribution >= 0.6 is 11.3 Å². The molecule has 0 aromatic carbocycles. The van der Waals surface area contributed by atoms with E-state index in [2.05, 4.69) is 29.0 Å². The molecule has 0 aliphatic heterocycles. The van der Waals surface area contributed by atoms with Gasteiger partial charge in [-0.1, -0.05) is 11.3 Å². The predicted molar refractivity (Wildman–Crippen MR) is 76.0 cm³/mol. The molecular weight excluding hydrogens is 266 g/mol. The van der Waals surface area contributed by atoms with E-state index in [1.165, 1.54) is 15.7 Å². The molecule has 1 N–H and O–H groups in total. The summed E-state index contributed by atoms with van der Waals surface area (Å²) in [6, 6.07) is 0.447. The number of aromatic nitrogens is 2. The number of imidazole rings is 1. The van der Waals surface area contributed by atoms with E-state index in [0.717, 1.165) is 6.54 Å². The Bertz CT molecular complexity index is 577. The molecule has 0 amide bonds. The first-order chi connectivity index (χ1) is 9.00. The van der Waals surface area contributed by atoms with Crippen LogP contribution in [0.15, 0.2) is 11.6 Å². The van der Waals surface area contributed by atoms with Gasteiger partial charge in [0.1, 0.15) is 6.20 Å². The molecule has 0 atom stereocenters. The molecule has 7 nitrogen and oxygen atoms in total. The highest BCUT2D eigenvalue weighted by atomic mass is 32.1. The first-order valence-electron chi connectivity index (χ1n) is 6.04. The van der Waals surface area contributed by atoms with Gasteiger partial charge in [0.05, 0.1) is 0 Å². The van der Waals surface area contributed by atoms with Crippen LogP contribution in [0.3, 0.4) is 0 Å². The average molecular weight is 283 g/mol. The molecule has 0 fully saturated rings. The smallest absolute Gasteiger partial charge is 0.362 e. The minimum atomic E-state index is -0.402. The maximum absolute atomic E-state index is 11.1. The second kappa shape index (κ2) is 5.54. The SMILES string of the molecule is CC(C)N(C)CCNc1nc2sccn2c1[N+](=O)[O-]. The molecule has 2 heterocycles. The van der Waals surface area contributed by atoms with Crippen molar-refractivity contribution >= 4 is 27.9 Å². The molecule has 0 radical (unpaired) electrons. The lowest BCUT2D eigenvalue weighted by molar-refractivity contribution is -0.389. The normalized spacial score (nSPS) is 11.6. The Kier molecular flexibility index (Phi) is 4.01. The largest absolute Gasteiger partial charge is 0.372 e. The fourth-order valence-electron chi connectivity index (χ4n) is 1.68. The van der Waals surface area contributed by atoms with Gasteiger partial charge in [-0.2, -0.15) is 9.38 Å². The zero-order valence-electron chi connectivity index (χ0n) is 11.2. The van der Waals surface area contributed by atoms with Crippen LogP contribution < -0.4 is 5.32 Å². The Balaban J connectivity index is 2.10. The zero-order chi connectivity index (χ0) is 14.0. The summed E-state index contributed by atoms with van der Waals surface area (Å²) in [5, 5.41) is 15.9.